The van der Waals surface area contributed by atoms with E-state index in [2.05, 4.69) is 37.9 Å². The van der Waals surface area contributed by atoms with Crippen molar-refractivity contribution in [1.29, 1.82) is 0 Å². The summed E-state index contributed by atoms with van der Waals surface area (Å²) < 4.78 is 12.2. The van der Waals surface area contributed by atoms with E-state index >= 15 is 0 Å². The summed E-state index contributed by atoms with van der Waals surface area (Å²) in [6.45, 7) is 7.91. The van der Waals surface area contributed by atoms with Crippen LogP contribution in [-0.4, -0.2) is 60.2 Å². The van der Waals surface area contributed by atoms with Gasteiger partial charge >= 0.3 is 0 Å². The Hall–Kier alpha value is -1.54. The van der Waals surface area contributed by atoms with Crippen molar-refractivity contribution in [3.05, 3.63) is 40.2 Å². The minimum atomic E-state index is -0.181. The number of nitrogens with zero attached hydrogens (tertiary/aromatic N) is 3. The summed E-state index contributed by atoms with van der Waals surface area (Å²) in [5, 5.41) is 13.8. The van der Waals surface area contributed by atoms with Crippen molar-refractivity contribution < 1.29 is 9.47 Å². The van der Waals surface area contributed by atoms with Crippen LogP contribution in [0.25, 0.3) is 0 Å². The van der Waals surface area contributed by atoms with E-state index in [9.17, 15) is 0 Å². The summed E-state index contributed by atoms with van der Waals surface area (Å²) in [7, 11) is 0. The summed E-state index contributed by atoms with van der Waals surface area (Å²) in [5.41, 5.74) is 0.749. The molecule has 6 nitrogen and oxygen atoms in total. The van der Waals surface area contributed by atoms with Gasteiger partial charge < -0.3 is 14.8 Å². The number of thiophene rings is 1. The van der Waals surface area contributed by atoms with Gasteiger partial charge in [0.15, 0.2) is 0 Å². The minimum absolute atomic E-state index is 0.181. The first-order chi connectivity index (χ1) is 12.7. The normalized spacial score (nSPS) is 26.9. The van der Waals surface area contributed by atoms with Crippen LogP contribution in [0, 0.1) is 12.8 Å². The molecule has 2 aromatic rings. The highest BCUT2D eigenvalue weighted by molar-refractivity contribution is 7.09. The highest BCUT2D eigenvalue weighted by Crippen LogP contribution is 2.33. The Bertz CT molecular complexity index is 694. The van der Waals surface area contributed by atoms with Gasteiger partial charge in [0.1, 0.15) is 11.4 Å². The number of nitrogens with one attached hydrogen (secondary N) is 1. The van der Waals surface area contributed by atoms with Crippen molar-refractivity contribution in [3.63, 3.8) is 0 Å². The molecule has 1 spiro atoms. The summed E-state index contributed by atoms with van der Waals surface area (Å²) >= 11 is 1.82. The maximum atomic E-state index is 6.29. The molecule has 0 saturated carbocycles. The third-order valence-corrected chi connectivity index (χ3v) is 5.91. The molecule has 0 radical (unpaired) electrons. The zero-order chi connectivity index (χ0) is 17.8. The van der Waals surface area contributed by atoms with Crippen molar-refractivity contribution >= 4 is 17.2 Å². The van der Waals surface area contributed by atoms with Gasteiger partial charge in [-0.15, -0.1) is 16.4 Å². The number of anilines is 1. The first kappa shape index (κ1) is 17.9. The molecule has 2 aliphatic rings. The second-order valence-corrected chi connectivity index (χ2v) is 8.38. The van der Waals surface area contributed by atoms with Gasteiger partial charge in [0.05, 0.1) is 25.5 Å². The Balaban J connectivity index is 1.33. The minimum Gasteiger partial charge on any atom is -0.377 e. The van der Waals surface area contributed by atoms with E-state index in [0.717, 1.165) is 57.3 Å². The van der Waals surface area contributed by atoms with E-state index in [-0.39, 0.29) is 5.60 Å². The smallest absolute Gasteiger partial charge is 0.148 e. The number of hydrogen-bond acceptors (Lipinski definition) is 7. The standard InChI is InChI=1S/C19H26N4O2S/c1-15-4-5-18(22-21-15)20-10-16-9-19(25-12-16)13-23(6-7-24-14-19)11-17-3-2-8-26-17/h2-5,8,16H,6-7,9-14H2,1H3,(H,20,22)/t16-,19+/m1/s1. The highest BCUT2D eigenvalue weighted by atomic mass is 32.1. The molecular formula is C19H26N4O2S. The molecule has 26 heavy (non-hydrogen) atoms. The Morgan fingerprint density at radius 3 is 3.12 bits per heavy atom. The molecule has 0 amide bonds. The molecule has 4 heterocycles. The zero-order valence-electron chi connectivity index (χ0n) is 15.2. The second-order valence-electron chi connectivity index (χ2n) is 7.35. The van der Waals surface area contributed by atoms with Crippen LogP contribution in [-0.2, 0) is 16.0 Å². The fourth-order valence-corrected chi connectivity index (χ4v) is 4.51. The summed E-state index contributed by atoms with van der Waals surface area (Å²) in [4.78, 5) is 3.87. The largest absolute Gasteiger partial charge is 0.377 e. The van der Waals surface area contributed by atoms with Crippen molar-refractivity contribution in [1.82, 2.24) is 15.1 Å². The summed E-state index contributed by atoms with van der Waals surface area (Å²) in [5.74, 6) is 1.29. The first-order valence-electron chi connectivity index (χ1n) is 9.21. The lowest BCUT2D eigenvalue weighted by Crippen LogP contribution is -2.43. The van der Waals surface area contributed by atoms with Crippen LogP contribution < -0.4 is 5.32 Å². The van der Waals surface area contributed by atoms with Crippen LogP contribution >= 0.6 is 11.3 Å². The van der Waals surface area contributed by atoms with Crippen LogP contribution in [0.5, 0.6) is 0 Å². The van der Waals surface area contributed by atoms with Crippen LogP contribution in [0.4, 0.5) is 5.82 Å². The number of hydrogen-bond donors (Lipinski definition) is 1. The van der Waals surface area contributed by atoms with E-state index < -0.39 is 0 Å². The maximum absolute atomic E-state index is 6.29. The van der Waals surface area contributed by atoms with Gasteiger partial charge in [-0.3, -0.25) is 4.90 Å². The van der Waals surface area contributed by atoms with E-state index in [1.54, 1.807) is 0 Å². The molecule has 2 saturated heterocycles. The predicted octanol–water partition coefficient (Wildman–Crippen LogP) is 2.57. The molecule has 2 atom stereocenters. The van der Waals surface area contributed by atoms with Gasteiger partial charge in [0.2, 0.25) is 0 Å². The van der Waals surface area contributed by atoms with Crippen molar-refractivity contribution in [2.24, 2.45) is 5.92 Å². The lowest BCUT2D eigenvalue weighted by molar-refractivity contribution is -0.0561. The van der Waals surface area contributed by atoms with Crippen LogP contribution in [0.1, 0.15) is 17.0 Å². The third kappa shape index (κ3) is 4.40. The maximum Gasteiger partial charge on any atom is 0.148 e. The van der Waals surface area contributed by atoms with Crippen LogP contribution in [0.3, 0.4) is 0 Å². The molecule has 2 aromatic heterocycles. The molecule has 4 rings (SSSR count). The fraction of sp³-hybridized carbons (Fsp3) is 0.579. The topological polar surface area (TPSA) is 59.5 Å². The van der Waals surface area contributed by atoms with Gasteiger partial charge in [-0.2, -0.15) is 5.10 Å². The van der Waals surface area contributed by atoms with Crippen LogP contribution in [0.15, 0.2) is 29.6 Å². The molecule has 0 bridgehead atoms. The summed E-state index contributed by atoms with van der Waals surface area (Å²) in [6.07, 6.45) is 1.01. The van der Waals surface area contributed by atoms with Gasteiger partial charge in [-0.1, -0.05) is 6.07 Å². The van der Waals surface area contributed by atoms with E-state index in [1.165, 1.54) is 4.88 Å². The van der Waals surface area contributed by atoms with Gasteiger partial charge in [-0.05, 0) is 36.9 Å². The number of aryl methyl sites for hydroxylation is 1. The first-order valence-corrected chi connectivity index (χ1v) is 10.1. The highest BCUT2D eigenvalue weighted by Gasteiger charge is 2.43. The summed E-state index contributed by atoms with van der Waals surface area (Å²) in [6, 6.07) is 8.27. The van der Waals surface area contributed by atoms with Crippen molar-refractivity contribution in [2.45, 2.75) is 25.5 Å². The van der Waals surface area contributed by atoms with Crippen LogP contribution in [0.2, 0.25) is 0 Å². The molecule has 0 aliphatic carbocycles. The molecule has 2 fully saturated rings. The lowest BCUT2D eigenvalue weighted by atomic mass is 9.94. The number of ether oxygens (including phenoxy) is 2. The second kappa shape index (κ2) is 8.00. The quantitative estimate of drug-likeness (QED) is 0.868. The van der Waals surface area contributed by atoms with E-state index in [0.29, 0.717) is 12.5 Å². The molecule has 2 aliphatic heterocycles. The van der Waals surface area contributed by atoms with E-state index in [4.69, 9.17) is 9.47 Å². The molecule has 0 unspecified atom stereocenters. The average molecular weight is 375 g/mol. The molecule has 0 aromatic carbocycles. The molecular weight excluding hydrogens is 348 g/mol. The Morgan fingerprint density at radius 1 is 1.35 bits per heavy atom. The Kier molecular flexibility index (Phi) is 5.49. The van der Waals surface area contributed by atoms with E-state index in [1.807, 2.05) is 30.4 Å². The van der Waals surface area contributed by atoms with Crippen molar-refractivity contribution in [2.75, 3.05) is 44.8 Å². The Labute approximate surface area is 158 Å². The lowest BCUT2D eigenvalue weighted by Gasteiger charge is -2.31. The number of aromatic nitrogens is 2. The molecule has 7 heteroatoms. The SMILES string of the molecule is Cc1ccc(NC[C@@H]2CO[C@@]3(COCCN(Cc4cccs4)C3)C2)nn1. The van der Waals surface area contributed by atoms with Gasteiger partial charge in [0, 0.05) is 37.0 Å². The monoisotopic (exact) mass is 374 g/mol. The molecule has 140 valence electrons. The number of rotatable bonds is 5. The van der Waals surface area contributed by atoms with Gasteiger partial charge in [0.25, 0.3) is 0 Å². The van der Waals surface area contributed by atoms with Gasteiger partial charge in [-0.25, -0.2) is 0 Å². The molecule has 1 N–H and O–H groups in total. The third-order valence-electron chi connectivity index (χ3n) is 5.04. The fourth-order valence-electron chi connectivity index (χ4n) is 3.76. The Morgan fingerprint density at radius 2 is 2.31 bits per heavy atom. The predicted molar refractivity (Wildman–Crippen MR) is 102 cm³/mol. The van der Waals surface area contributed by atoms with Crippen molar-refractivity contribution in [3.8, 4) is 0 Å². The zero-order valence-corrected chi connectivity index (χ0v) is 16.0. The average Bonchev–Trinajstić information content (AvgIpc) is 3.24.